The van der Waals surface area contributed by atoms with Crippen molar-refractivity contribution in [3.05, 3.63) is 52.9 Å². The molecular formula is C18H27IN4O. The molecule has 0 aliphatic heterocycles. The Labute approximate surface area is 161 Å². The van der Waals surface area contributed by atoms with Crippen molar-refractivity contribution in [3.8, 4) is 0 Å². The molecule has 0 saturated carbocycles. The van der Waals surface area contributed by atoms with E-state index in [9.17, 15) is 0 Å². The second-order valence-corrected chi connectivity index (χ2v) is 5.59. The van der Waals surface area contributed by atoms with E-state index < -0.39 is 0 Å². The Hall–Kier alpha value is -1.57. The van der Waals surface area contributed by atoms with Gasteiger partial charge in [0.25, 0.3) is 0 Å². The molecule has 0 aliphatic rings. The molecule has 6 heteroatoms. The van der Waals surface area contributed by atoms with Crippen molar-refractivity contribution in [2.45, 2.75) is 40.3 Å². The largest absolute Gasteiger partial charge is 0.359 e. The van der Waals surface area contributed by atoms with E-state index in [1.807, 2.05) is 13.1 Å². The first-order valence-corrected chi connectivity index (χ1v) is 8.12. The molecule has 0 aliphatic carbocycles. The molecule has 0 unspecified atom stereocenters. The predicted molar refractivity (Wildman–Crippen MR) is 109 cm³/mol. The van der Waals surface area contributed by atoms with Gasteiger partial charge in [-0.05, 0) is 31.4 Å². The van der Waals surface area contributed by atoms with Crippen LogP contribution in [0.1, 0.15) is 36.4 Å². The molecule has 0 amide bonds. The maximum atomic E-state index is 5.30. The van der Waals surface area contributed by atoms with Gasteiger partial charge in [-0.3, -0.25) is 0 Å². The quantitative estimate of drug-likeness (QED) is 0.421. The monoisotopic (exact) mass is 442 g/mol. The summed E-state index contributed by atoms with van der Waals surface area (Å²) in [6.07, 6.45) is 0.875. The molecule has 1 aromatic carbocycles. The van der Waals surface area contributed by atoms with E-state index in [0.717, 1.165) is 36.9 Å². The van der Waals surface area contributed by atoms with Crippen molar-refractivity contribution in [2.24, 2.45) is 4.99 Å². The average Bonchev–Trinajstić information content (AvgIpc) is 3.01. The minimum Gasteiger partial charge on any atom is -0.359 e. The number of aliphatic imine (C=N–C) groups is 1. The van der Waals surface area contributed by atoms with Crippen LogP contribution in [-0.4, -0.2) is 29.6 Å². The Morgan fingerprint density at radius 3 is 2.67 bits per heavy atom. The van der Waals surface area contributed by atoms with Crippen molar-refractivity contribution in [3.63, 3.8) is 0 Å². The minimum absolute atomic E-state index is 0. The number of benzene rings is 1. The van der Waals surface area contributed by atoms with Gasteiger partial charge in [0.15, 0.2) is 11.7 Å². The molecule has 0 spiro atoms. The number of aryl methyl sites for hydroxylation is 2. The van der Waals surface area contributed by atoms with Crippen LogP contribution in [0.2, 0.25) is 0 Å². The summed E-state index contributed by atoms with van der Waals surface area (Å²) in [5.41, 5.74) is 3.56. The zero-order valence-electron chi connectivity index (χ0n) is 14.9. The molecule has 0 radical (unpaired) electrons. The molecule has 5 nitrogen and oxygen atoms in total. The highest BCUT2D eigenvalue weighted by Gasteiger charge is 2.09. The van der Waals surface area contributed by atoms with E-state index in [0.29, 0.717) is 6.54 Å². The van der Waals surface area contributed by atoms with Crippen LogP contribution in [0.15, 0.2) is 39.8 Å². The van der Waals surface area contributed by atoms with Crippen LogP contribution in [0.5, 0.6) is 0 Å². The lowest BCUT2D eigenvalue weighted by molar-refractivity contribution is 0.378. The molecule has 1 aromatic heterocycles. The summed E-state index contributed by atoms with van der Waals surface area (Å²) in [5.74, 6) is 1.66. The number of nitrogens with zero attached hydrogens (tertiary/aromatic N) is 3. The minimum atomic E-state index is 0. The molecule has 1 heterocycles. The Kier molecular flexibility index (Phi) is 8.81. The Balaban J connectivity index is 0.00000288. The zero-order chi connectivity index (χ0) is 16.7. The van der Waals surface area contributed by atoms with E-state index in [2.05, 4.69) is 65.4 Å². The number of halogens is 1. The predicted octanol–water partition coefficient (Wildman–Crippen LogP) is 3.76. The van der Waals surface area contributed by atoms with Gasteiger partial charge in [0.1, 0.15) is 6.54 Å². The Bertz CT molecular complexity index is 654. The first-order chi connectivity index (χ1) is 11.1. The van der Waals surface area contributed by atoms with Gasteiger partial charge >= 0.3 is 0 Å². The Morgan fingerprint density at radius 2 is 2.04 bits per heavy atom. The van der Waals surface area contributed by atoms with Crippen LogP contribution in [0.4, 0.5) is 0 Å². The third kappa shape index (κ3) is 5.81. The third-order valence-corrected chi connectivity index (χ3v) is 3.72. The fourth-order valence-corrected chi connectivity index (χ4v) is 2.34. The molecule has 0 bridgehead atoms. The molecule has 0 atom stereocenters. The highest BCUT2D eigenvalue weighted by Crippen LogP contribution is 2.10. The van der Waals surface area contributed by atoms with Gasteiger partial charge in [-0.15, -0.1) is 24.0 Å². The van der Waals surface area contributed by atoms with Gasteiger partial charge in [-0.1, -0.05) is 36.3 Å². The summed E-state index contributed by atoms with van der Waals surface area (Å²) < 4.78 is 5.30. The highest BCUT2D eigenvalue weighted by molar-refractivity contribution is 14.0. The highest BCUT2D eigenvalue weighted by atomic mass is 127. The SMILES string of the molecule is CCNC(=NCc1cc(CC)no1)N(C)Cc1ccccc1C.I. The summed E-state index contributed by atoms with van der Waals surface area (Å²) >= 11 is 0. The van der Waals surface area contributed by atoms with Crippen molar-refractivity contribution >= 4 is 29.9 Å². The average molecular weight is 442 g/mol. The first-order valence-electron chi connectivity index (χ1n) is 8.12. The zero-order valence-corrected chi connectivity index (χ0v) is 17.2. The summed E-state index contributed by atoms with van der Waals surface area (Å²) in [7, 11) is 2.05. The lowest BCUT2D eigenvalue weighted by Crippen LogP contribution is -2.38. The molecule has 0 saturated heterocycles. The van der Waals surface area contributed by atoms with Crippen LogP contribution in [0.25, 0.3) is 0 Å². The number of hydrogen-bond acceptors (Lipinski definition) is 3. The summed E-state index contributed by atoms with van der Waals surface area (Å²) in [6.45, 7) is 8.40. The summed E-state index contributed by atoms with van der Waals surface area (Å²) in [6, 6.07) is 10.4. The van der Waals surface area contributed by atoms with Crippen molar-refractivity contribution in [2.75, 3.05) is 13.6 Å². The maximum absolute atomic E-state index is 5.30. The lowest BCUT2D eigenvalue weighted by Gasteiger charge is -2.22. The molecular weight excluding hydrogens is 415 g/mol. The molecule has 2 rings (SSSR count). The van der Waals surface area contributed by atoms with Gasteiger partial charge < -0.3 is 14.7 Å². The van der Waals surface area contributed by atoms with Crippen molar-refractivity contribution in [1.82, 2.24) is 15.4 Å². The van der Waals surface area contributed by atoms with Crippen LogP contribution in [-0.2, 0) is 19.5 Å². The van der Waals surface area contributed by atoms with E-state index in [1.165, 1.54) is 11.1 Å². The van der Waals surface area contributed by atoms with Crippen LogP contribution < -0.4 is 5.32 Å². The number of rotatable bonds is 6. The smallest absolute Gasteiger partial charge is 0.194 e. The second-order valence-electron chi connectivity index (χ2n) is 5.59. The van der Waals surface area contributed by atoms with Gasteiger partial charge in [0.05, 0.1) is 5.69 Å². The Morgan fingerprint density at radius 1 is 1.29 bits per heavy atom. The van der Waals surface area contributed by atoms with Crippen molar-refractivity contribution in [1.29, 1.82) is 0 Å². The first kappa shape index (κ1) is 20.5. The second kappa shape index (κ2) is 10.3. The van der Waals surface area contributed by atoms with E-state index in [1.54, 1.807) is 0 Å². The molecule has 0 fully saturated rings. The number of guanidine groups is 1. The number of aromatic nitrogens is 1. The molecule has 1 N–H and O–H groups in total. The summed E-state index contributed by atoms with van der Waals surface area (Å²) in [5, 5.41) is 7.33. The normalized spacial score (nSPS) is 11.1. The maximum Gasteiger partial charge on any atom is 0.194 e. The number of nitrogens with one attached hydrogen (secondary N) is 1. The van der Waals surface area contributed by atoms with Crippen LogP contribution in [0, 0.1) is 6.92 Å². The lowest BCUT2D eigenvalue weighted by atomic mass is 10.1. The van der Waals surface area contributed by atoms with Crippen LogP contribution in [0.3, 0.4) is 0 Å². The molecule has 24 heavy (non-hydrogen) atoms. The van der Waals surface area contributed by atoms with Gasteiger partial charge in [0, 0.05) is 26.2 Å². The fraction of sp³-hybridized carbons (Fsp3) is 0.444. The summed E-state index contributed by atoms with van der Waals surface area (Å²) in [4.78, 5) is 6.78. The van der Waals surface area contributed by atoms with E-state index >= 15 is 0 Å². The topological polar surface area (TPSA) is 53.7 Å². The molecule has 2 aromatic rings. The van der Waals surface area contributed by atoms with Gasteiger partial charge in [0.2, 0.25) is 0 Å². The number of hydrogen-bond donors (Lipinski definition) is 1. The molecule has 132 valence electrons. The fourth-order valence-electron chi connectivity index (χ4n) is 2.34. The van der Waals surface area contributed by atoms with Gasteiger partial charge in [-0.25, -0.2) is 4.99 Å². The standard InChI is InChI=1S/C18H26N4O.HI/c1-5-16-11-17(23-21-16)12-20-18(19-6-2)22(4)13-15-10-8-7-9-14(15)3;/h7-11H,5-6,12-13H2,1-4H3,(H,19,20);1H. The van der Waals surface area contributed by atoms with E-state index in [4.69, 9.17) is 4.52 Å². The van der Waals surface area contributed by atoms with Crippen LogP contribution >= 0.6 is 24.0 Å². The van der Waals surface area contributed by atoms with E-state index in [-0.39, 0.29) is 24.0 Å². The third-order valence-electron chi connectivity index (χ3n) is 3.72. The van der Waals surface area contributed by atoms with Crippen molar-refractivity contribution < 1.29 is 4.52 Å². The van der Waals surface area contributed by atoms with Gasteiger partial charge in [-0.2, -0.15) is 0 Å².